The van der Waals surface area contributed by atoms with E-state index in [4.69, 9.17) is 0 Å². The number of nitrogens with zero attached hydrogens (tertiary/aromatic N) is 3. The molecule has 6 nitrogen and oxygen atoms in total. The molecule has 27 heavy (non-hydrogen) atoms. The van der Waals surface area contributed by atoms with Crippen molar-refractivity contribution in [1.29, 1.82) is 0 Å². The van der Waals surface area contributed by atoms with Crippen LogP contribution in [0.25, 0.3) is 0 Å². The van der Waals surface area contributed by atoms with E-state index in [1.165, 1.54) is 0 Å². The third kappa shape index (κ3) is 4.05. The third-order valence-corrected chi connectivity index (χ3v) is 4.80. The molecule has 0 spiro atoms. The zero-order valence-electron chi connectivity index (χ0n) is 16.3. The number of likely N-dealkylation sites (N-methyl/N-ethyl adjacent to an activating group) is 1. The summed E-state index contributed by atoms with van der Waals surface area (Å²) in [6.07, 6.45) is 0. The summed E-state index contributed by atoms with van der Waals surface area (Å²) in [6, 6.07) is 13.7. The first-order chi connectivity index (χ1) is 12.9. The van der Waals surface area contributed by atoms with E-state index >= 15 is 0 Å². The molecule has 142 valence electrons. The number of hydrogen-bond donors (Lipinski definition) is 1. The largest absolute Gasteiger partial charge is 0.378 e. The molecular formula is C21H26N4O2. The van der Waals surface area contributed by atoms with Crippen LogP contribution in [0.1, 0.15) is 22.8 Å². The Hall–Kier alpha value is -3.02. The number of hydrogen-bond acceptors (Lipinski definition) is 4. The van der Waals surface area contributed by atoms with Crippen LogP contribution in [0, 0.1) is 0 Å². The first-order valence-electron chi connectivity index (χ1n) is 9.09. The number of carbonyl (C=O) groups is 2. The van der Waals surface area contributed by atoms with Crippen molar-refractivity contribution in [2.45, 2.75) is 13.5 Å². The van der Waals surface area contributed by atoms with Crippen LogP contribution in [-0.2, 0) is 11.3 Å². The molecule has 1 aliphatic heterocycles. The number of amides is 2. The lowest BCUT2D eigenvalue weighted by molar-refractivity contribution is -0.115. The molecule has 0 unspecified atom stereocenters. The van der Waals surface area contributed by atoms with Gasteiger partial charge in [-0.3, -0.25) is 9.59 Å². The molecule has 2 aromatic carbocycles. The minimum Gasteiger partial charge on any atom is -0.378 e. The maximum absolute atomic E-state index is 13.0. The zero-order chi connectivity index (χ0) is 19.6. The number of anilines is 3. The lowest BCUT2D eigenvalue weighted by Gasteiger charge is -2.28. The van der Waals surface area contributed by atoms with Gasteiger partial charge in [0, 0.05) is 45.5 Å². The Balaban J connectivity index is 1.78. The molecule has 0 aliphatic carbocycles. The summed E-state index contributed by atoms with van der Waals surface area (Å²) < 4.78 is 0. The van der Waals surface area contributed by atoms with Crippen LogP contribution in [0.5, 0.6) is 0 Å². The lowest BCUT2D eigenvalue weighted by Crippen LogP contribution is -2.36. The van der Waals surface area contributed by atoms with Crippen molar-refractivity contribution in [3.63, 3.8) is 0 Å². The molecule has 0 atom stereocenters. The summed E-state index contributed by atoms with van der Waals surface area (Å²) >= 11 is 0. The first-order valence-corrected chi connectivity index (χ1v) is 9.09. The molecule has 0 bridgehead atoms. The molecular weight excluding hydrogens is 340 g/mol. The highest BCUT2D eigenvalue weighted by Crippen LogP contribution is 2.29. The fourth-order valence-corrected chi connectivity index (χ4v) is 3.22. The topological polar surface area (TPSA) is 55.9 Å². The molecule has 1 heterocycles. The van der Waals surface area contributed by atoms with Gasteiger partial charge in [0.05, 0.1) is 17.9 Å². The number of nitrogens with one attached hydrogen (secondary N) is 1. The highest BCUT2D eigenvalue weighted by molar-refractivity contribution is 6.03. The molecule has 0 fully saturated rings. The molecule has 0 saturated heterocycles. The predicted octanol–water partition coefficient (Wildman–Crippen LogP) is 2.80. The molecule has 2 aromatic rings. The number of rotatable bonds is 5. The summed E-state index contributed by atoms with van der Waals surface area (Å²) in [7, 11) is 5.88. The van der Waals surface area contributed by atoms with Gasteiger partial charge >= 0.3 is 0 Å². The molecule has 0 aromatic heterocycles. The molecule has 1 aliphatic rings. The Morgan fingerprint density at radius 3 is 2.48 bits per heavy atom. The van der Waals surface area contributed by atoms with Crippen molar-refractivity contribution >= 4 is 28.9 Å². The fraction of sp³-hybridized carbons (Fsp3) is 0.333. The second-order valence-corrected chi connectivity index (χ2v) is 7.02. The van der Waals surface area contributed by atoms with Gasteiger partial charge in [-0.2, -0.15) is 0 Å². The Labute approximate surface area is 160 Å². The third-order valence-electron chi connectivity index (χ3n) is 4.80. The molecule has 6 heteroatoms. The van der Waals surface area contributed by atoms with E-state index in [1.54, 1.807) is 11.0 Å². The van der Waals surface area contributed by atoms with Gasteiger partial charge in [0.15, 0.2) is 0 Å². The zero-order valence-corrected chi connectivity index (χ0v) is 16.3. The van der Waals surface area contributed by atoms with Gasteiger partial charge in [0.2, 0.25) is 5.91 Å². The smallest absolute Gasteiger partial charge is 0.254 e. The Morgan fingerprint density at radius 1 is 1.15 bits per heavy atom. The second-order valence-electron chi connectivity index (χ2n) is 7.02. The molecule has 0 radical (unpaired) electrons. The van der Waals surface area contributed by atoms with Crippen LogP contribution in [0.3, 0.4) is 0 Å². The number of benzene rings is 2. The van der Waals surface area contributed by atoms with Crippen LogP contribution in [-0.4, -0.2) is 50.9 Å². The van der Waals surface area contributed by atoms with Crippen LogP contribution in [0.15, 0.2) is 42.5 Å². The van der Waals surface area contributed by atoms with E-state index in [2.05, 4.69) is 17.4 Å². The molecule has 1 N–H and O–H groups in total. The summed E-state index contributed by atoms with van der Waals surface area (Å²) in [5.74, 6) is -0.109. The van der Waals surface area contributed by atoms with E-state index in [1.807, 2.05) is 62.1 Å². The standard InChI is InChI=1S/C21H26N4O2/c1-5-25(13-15-6-9-17(10-7-15)23(2)3)21(27)16-8-11-19-18(12-16)22-20(26)14-24(19)4/h6-12H,5,13-14H2,1-4H3,(H,22,26). The Bertz CT molecular complexity index is 846. The van der Waals surface area contributed by atoms with E-state index in [9.17, 15) is 9.59 Å². The van der Waals surface area contributed by atoms with Crippen LogP contribution >= 0.6 is 0 Å². The van der Waals surface area contributed by atoms with Crippen molar-refractivity contribution in [3.05, 3.63) is 53.6 Å². The normalized spacial score (nSPS) is 13.0. The average Bonchev–Trinajstić information content (AvgIpc) is 2.65. The summed E-state index contributed by atoms with van der Waals surface area (Å²) in [5, 5.41) is 2.85. The fourth-order valence-electron chi connectivity index (χ4n) is 3.22. The van der Waals surface area contributed by atoms with Crippen molar-refractivity contribution in [1.82, 2.24) is 4.90 Å². The minimum absolute atomic E-state index is 0.0422. The summed E-state index contributed by atoms with van der Waals surface area (Å²) in [5.41, 5.74) is 4.40. The van der Waals surface area contributed by atoms with Gasteiger partial charge in [-0.25, -0.2) is 0 Å². The van der Waals surface area contributed by atoms with Gasteiger partial charge in [0.25, 0.3) is 5.91 Å². The highest BCUT2D eigenvalue weighted by Gasteiger charge is 2.22. The Kier molecular flexibility index (Phi) is 5.35. The maximum atomic E-state index is 13.0. The number of carbonyl (C=O) groups excluding carboxylic acids is 2. The average molecular weight is 366 g/mol. The monoisotopic (exact) mass is 366 g/mol. The van der Waals surface area contributed by atoms with Crippen molar-refractivity contribution < 1.29 is 9.59 Å². The van der Waals surface area contributed by atoms with E-state index < -0.39 is 0 Å². The molecule has 0 saturated carbocycles. The number of fused-ring (bicyclic) bond motifs is 1. The van der Waals surface area contributed by atoms with Gasteiger partial charge in [0.1, 0.15) is 0 Å². The predicted molar refractivity (Wildman–Crippen MR) is 110 cm³/mol. The first kappa shape index (κ1) is 18.8. The Morgan fingerprint density at radius 2 is 1.85 bits per heavy atom. The van der Waals surface area contributed by atoms with E-state index in [0.29, 0.717) is 30.9 Å². The van der Waals surface area contributed by atoms with Crippen LogP contribution in [0.2, 0.25) is 0 Å². The minimum atomic E-state index is -0.0667. The summed E-state index contributed by atoms with van der Waals surface area (Å²) in [6.45, 7) is 3.45. The van der Waals surface area contributed by atoms with E-state index in [0.717, 1.165) is 16.9 Å². The second kappa shape index (κ2) is 7.70. The SMILES string of the molecule is CCN(Cc1ccc(N(C)C)cc1)C(=O)c1ccc2c(c1)NC(=O)CN2C. The van der Waals surface area contributed by atoms with Gasteiger partial charge in [-0.15, -0.1) is 0 Å². The highest BCUT2D eigenvalue weighted by atomic mass is 16.2. The van der Waals surface area contributed by atoms with E-state index in [-0.39, 0.29) is 11.8 Å². The molecule has 3 rings (SSSR count). The van der Waals surface area contributed by atoms with Crippen LogP contribution in [0.4, 0.5) is 17.1 Å². The maximum Gasteiger partial charge on any atom is 0.254 e. The van der Waals surface area contributed by atoms with Crippen molar-refractivity contribution in [2.75, 3.05) is 49.3 Å². The van der Waals surface area contributed by atoms with Crippen molar-refractivity contribution in [2.24, 2.45) is 0 Å². The molecule has 2 amide bonds. The van der Waals surface area contributed by atoms with Crippen LogP contribution < -0.4 is 15.1 Å². The quantitative estimate of drug-likeness (QED) is 0.884. The van der Waals surface area contributed by atoms with Gasteiger partial charge in [-0.1, -0.05) is 12.1 Å². The lowest BCUT2D eigenvalue weighted by atomic mass is 10.1. The van der Waals surface area contributed by atoms with Crippen molar-refractivity contribution in [3.8, 4) is 0 Å². The van der Waals surface area contributed by atoms with Gasteiger partial charge in [-0.05, 0) is 42.8 Å². The van der Waals surface area contributed by atoms with Gasteiger partial charge < -0.3 is 20.0 Å². The summed E-state index contributed by atoms with van der Waals surface area (Å²) in [4.78, 5) is 30.5.